The van der Waals surface area contributed by atoms with Crippen molar-refractivity contribution in [2.24, 2.45) is 5.92 Å². The van der Waals surface area contributed by atoms with E-state index in [1.807, 2.05) is 0 Å². The van der Waals surface area contributed by atoms with Crippen LogP contribution in [0.1, 0.15) is 36.2 Å². The number of fused-ring (bicyclic) bond motifs is 1. The third-order valence-electron chi connectivity index (χ3n) is 6.85. The largest absolute Gasteiger partial charge is 0.435 e. The van der Waals surface area contributed by atoms with Gasteiger partial charge < -0.3 is 25.2 Å². The van der Waals surface area contributed by atoms with Crippen LogP contribution in [-0.4, -0.2) is 84.8 Å². The van der Waals surface area contributed by atoms with Crippen LogP contribution in [0, 0.1) is 5.92 Å². The van der Waals surface area contributed by atoms with Crippen molar-refractivity contribution in [1.29, 1.82) is 0 Å². The van der Waals surface area contributed by atoms with E-state index in [2.05, 4.69) is 30.2 Å². The lowest BCUT2D eigenvalue weighted by Gasteiger charge is -2.31. The number of nitrogens with one attached hydrogen (secondary N) is 2. The lowest BCUT2D eigenvalue weighted by Crippen LogP contribution is -2.40. The molecule has 14 heteroatoms. The minimum Gasteiger partial charge on any atom is -0.435 e. The van der Waals surface area contributed by atoms with Gasteiger partial charge >= 0.3 is 6.61 Å². The van der Waals surface area contributed by atoms with Crippen LogP contribution in [-0.2, 0) is 4.74 Å². The molecular formula is C22H24F4N6O4. The van der Waals surface area contributed by atoms with Gasteiger partial charge in [0, 0.05) is 30.9 Å². The van der Waals surface area contributed by atoms with Crippen molar-refractivity contribution in [3.63, 3.8) is 0 Å². The molecule has 1 amide bonds. The molecule has 1 unspecified atom stereocenters. The third kappa shape index (κ3) is 4.62. The number of aliphatic hydroxyl groups excluding tert-OH is 2. The van der Waals surface area contributed by atoms with Crippen LogP contribution < -0.4 is 5.32 Å². The number of anilines is 1. The molecule has 0 bridgehead atoms. The predicted molar refractivity (Wildman–Crippen MR) is 117 cm³/mol. The van der Waals surface area contributed by atoms with E-state index in [4.69, 9.17) is 0 Å². The van der Waals surface area contributed by atoms with Gasteiger partial charge in [-0.1, -0.05) is 0 Å². The molecule has 3 heterocycles. The number of aromatic amines is 1. The van der Waals surface area contributed by atoms with E-state index in [-0.39, 0.29) is 47.7 Å². The third-order valence-corrected chi connectivity index (χ3v) is 6.85. The highest BCUT2D eigenvalue weighted by Gasteiger charge is 2.42. The van der Waals surface area contributed by atoms with E-state index in [1.54, 1.807) is 0 Å². The molecule has 2 fully saturated rings. The number of ether oxygens (including phenoxy) is 1. The SMILES string of the molecule is O=C(c1[nH]nc2ncnc(N[C@@H]3CC[C@@H](O)[C@H]3O)c12)N1C[C@@H](F)C[C@@H]1C1C=C(OC(F)F)C=C(F)C1. The van der Waals surface area contributed by atoms with E-state index in [1.165, 1.54) is 17.3 Å². The van der Waals surface area contributed by atoms with E-state index in [0.29, 0.717) is 12.8 Å². The van der Waals surface area contributed by atoms with Gasteiger partial charge in [-0.15, -0.1) is 0 Å². The van der Waals surface area contributed by atoms with Gasteiger partial charge in [-0.25, -0.2) is 18.7 Å². The van der Waals surface area contributed by atoms with Crippen molar-refractivity contribution >= 4 is 22.8 Å². The molecule has 4 N–H and O–H groups in total. The molecular weight excluding hydrogens is 488 g/mol. The molecule has 6 atom stereocenters. The first-order chi connectivity index (χ1) is 17.2. The molecule has 2 aromatic heterocycles. The first kappa shape index (κ1) is 24.4. The highest BCUT2D eigenvalue weighted by Crippen LogP contribution is 2.37. The normalized spacial score (nSPS) is 30.6. The second-order valence-corrected chi connectivity index (χ2v) is 9.17. The number of carbonyl (C=O) groups excluding carboxylic acids is 1. The van der Waals surface area contributed by atoms with E-state index in [9.17, 15) is 32.6 Å². The number of nitrogens with zero attached hydrogens (tertiary/aromatic N) is 4. The van der Waals surface area contributed by atoms with Crippen LogP contribution in [0.3, 0.4) is 0 Å². The maximum absolute atomic E-state index is 14.5. The smallest absolute Gasteiger partial charge is 0.387 e. The molecule has 10 nitrogen and oxygen atoms in total. The molecule has 1 saturated carbocycles. The number of hydrogen-bond donors (Lipinski definition) is 4. The monoisotopic (exact) mass is 512 g/mol. The average Bonchev–Trinajstić information content (AvgIpc) is 3.51. The summed E-state index contributed by atoms with van der Waals surface area (Å²) in [5, 5.41) is 29.9. The lowest BCUT2D eigenvalue weighted by molar-refractivity contribution is -0.0932. The average molecular weight is 512 g/mol. The molecule has 0 aromatic carbocycles. The molecule has 1 aliphatic heterocycles. The van der Waals surface area contributed by atoms with Crippen molar-refractivity contribution < 1.29 is 37.3 Å². The van der Waals surface area contributed by atoms with Crippen molar-refractivity contribution in [2.75, 3.05) is 11.9 Å². The molecule has 2 aliphatic carbocycles. The Morgan fingerprint density at radius 3 is 2.81 bits per heavy atom. The summed E-state index contributed by atoms with van der Waals surface area (Å²) in [4.78, 5) is 23.0. The minimum atomic E-state index is -3.16. The zero-order valence-electron chi connectivity index (χ0n) is 18.8. The number of halogens is 4. The molecule has 1 saturated heterocycles. The molecule has 0 spiro atoms. The van der Waals surface area contributed by atoms with Crippen LogP contribution in [0.25, 0.3) is 11.0 Å². The Labute approximate surface area is 202 Å². The number of H-pyrrole nitrogens is 1. The van der Waals surface area contributed by atoms with E-state index >= 15 is 0 Å². The topological polar surface area (TPSA) is 136 Å². The molecule has 194 valence electrons. The van der Waals surface area contributed by atoms with Crippen molar-refractivity contribution in [3.05, 3.63) is 35.8 Å². The van der Waals surface area contributed by atoms with Crippen LogP contribution >= 0.6 is 0 Å². The fraction of sp³-hybridized carbons (Fsp3) is 0.545. The maximum Gasteiger partial charge on any atom is 0.387 e. The van der Waals surface area contributed by atoms with Crippen LogP contribution in [0.15, 0.2) is 30.1 Å². The maximum atomic E-state index is 14.5. The Hall–Kier alpha value is -3.26. The standard InChI is InChI=1S/C22H24F4N6O4/c23-10-3-9(4-12(5-10)36-22(25)26)14-6-11(24)7-32(14)21(35)17-16-19(27-8-28-20(16)31-30-17)29-13-1-2-15(33)18(13)34/h4-5,8-9,11,13-15,18,22,33-34H,1-3,6-7H2,(H2,27,28,29,30,31)/t9?,11-,13+,14+,15+,18-/m0/s1. The summed E-state index contributed by atoms with van der Waals surface area (Å²) >= 11 is 0. The van der Waals surface area contributed by atoms with Crippen LogP contribution in [0.2, 0.25) is 0 Å². The van der Waals surface area contributed by atoms with E-state index in [0.717, 1.165) is 6.08 Å². The second kappa shape index (κ2) is 9.65. The zero-order chi connectivity index (χ0) is 25.6. The van der Waals surface area contributed by atoms with Gasteiger partial charge in [0.25, 0.3) is 5.91 Å². The number of rotatable bonds is 6. The van der Waals surface area contributed by atoms with Gasteiger partial charge in [-0.2, -0.15) is 13.9 Å². The number of carbonyl (C=O) groups is 1. The zero-order valence-corrected chi connectivity index (χ0v) is 18.8. The molecule has 2 aromatic rings. The number of alkyl halides is 3. The van der Waals surface area contributed by atoms with E-state index < -0.39 is 54.7 Å². The fourth-order valence-electron chi connectivity index (χ4n) is 5.19. The first-order valence-electron chi connectivity index (χ1n) is 11.5. The molecule has 0 radical (unpaired) electrons. The molecule has 5 rings (SSSR count). The summed E-state index contributed by atoms with van der Waals surface area (Å²) in [6, 6.07) is -1.35. The van der Waals surface area contributed by atoms with Gasteiger partial charge in [-0.3, -0.25) is 9.89 Å². The number of allylic oxidation sites excluding steroid dienone is 2. The van der Waals surface area contributed by atoms with Crippen LogP contribution in [0.4, 0.5) is 23.4 Å². The number of hydrogen-bond acceptors (Lipinski definition) is 8. The van der Waals surface area contributed by atoms with Crippen molar-refractivity contribution in [3.8, 4) is 0 Å². The minimum absolute atomic E-state index is 0.0416. The molecule has 3 aliphatic rings. The Morgan fingerprint density at radius 1 is 1.28 bits per heavy atom. The Bertz CT molecular complexity index is 1210. The number of aromatic nitrogens is 4. The highest BCUT2D eigenvalue weighted by molar-refractivity contribution is 6.07. The van der Waals surface area contributed by atoms with Crippen molar-refractivity contribution in [1.82, 2.24) is 25.1 Å². The number of amides is 1. The van der Waals surface area contributed by atoms with Gasteiger partial charge in [0.15, 0.2) is 5.65 Å². The van der Waals surface area contributed by atoms with Gasteiger partial charge in [-0.05, 0) is 18.9 Å². The number of likely N-dealkylation sites (tertiary alicyclic amines) is 1. The summed E-state index contributed by atoms with van der Waals surface area (Å²) in [6.45, 7) is -3.44. The Morgan fingerprint density at radius 2 is 2.08 bits per heavy atom. The van der Waals surface area contributed by atoms with Gasteiger partial charge in [0.1, 0.15) is 35.6 Å². The summed E-state index contributed by atoms with van der Waals surface area (Å²) in [6.07, 6.45) is 0.558. The second-order valence-electron chi connectivity index (χ2n) is 9.17. The van der Waals surface area contributed by atoms with Crippen LogP contribution in [0.5, 0.6) is 0 Å². The summed E-state index contributed by atoms with van der Waals surface area (Å²) in [7, 11) is 0. The summed E-state index contributed by atoms with van der Waals surface area (Å²) in [5.41, 5.74) is 0.107. The van der Waals surface area contributed by atoms with Gasteiger partial charge in [0.2, 0.25) is 0 Å². The summed E-state index contributed by atoms with van der Waals surface area (Å²) < 4.78 is 58.5. The highest BCUT2D eigenvalue weighted by atomic mass is 19.3. The summed E-state index contributed by atoms with van der Waals surface area (Å²) in [5.74, 6) is -2.32. The number of aliphatic hydroxyl groups is 2. The molecule has 36 heavy (non-hydrogen) atoms. The predicted octanol–water partition coefficient (Wildman–Crippen LogP) is 2.20. The lowest BCUT2D eigenvalue weighted by atomic mass is 9.89. The van der Waals surface area contributed by atoms with Gasteiger partial charge in [0.05, 0.1) is 30.2 Å². The van der Waals surface area contributed by atoms with Crippen molar-refractivity contribution in [2.45, 2.75) is 62.8 Å². The quantitative estimate of drug-likeness (QED) is 0.433. The Balaban J connectivity index is 1.44. The fourth-order valence-corrected chi connectivity index (χ4v) is 5.19. The Kier molecular flexibility index (Phi) is 6.55. The first-order valence-corrected chi connectivity index (χ1v) is 11.5.